The van der Waals surface area contributed by atoms with Gasteiger partial charge in [0.1, 0.15) is 5.75 Å². The average molecular weight is 224 g/mol. The van der Waals surface area contributed by atoms with E-state index in [-0.39, 0.29) is 0 Å². The second-order valence-corrected chi connectivity index (χ2v) is 4.10. The highest BCUT2D eigenvalue weighted by Gasteiger charge is 2.02. The molecule has 0 aromatic heterocycles. The summed E-state index contributed by atoms with van der Waals surface area (Å²) in [5, 5.41) is 9.66. The van der Waals surface area contributed by atoms with Crippen molar-refractivity contribution in [3.63, 3.8) is 0 Å². The first-order valence-corrected chi connectivity index (χ1v) is 5.77. The summed E-state index contributed by atoms with van der Waals surface area (Å²) in [4.78, 5) is 0. The van der Waals surface area contributed by atoms with Gasteiger partial charge >= 0.3 is 0 Å². The van der Waals surface area contributed by atoms with Gasteiger partial charge in [-0.05, 0) is 35.6 Å². The second kappa shape index (κ2) is 5.35. The van der Waals surface area contributed by atoms with Crippen LogP contribution in [-0.2, 0) is 6.42 Å². The number of hydrogen-bond acceptors (Lipinski definition) is 1. The zero-order valence-corrected chi connectivity index (χ0v) is 9.76. The standard InChI is InChI=1S/C16H16O/c1-13(14-7-3-2-4-8-14)11-12-15-9-5-6-10-16(15)17/h2-10,17H,1,11-12H2. The topological polar surface area (TPSA) is 20.2 Å². The van der Waals surface area contributed by atoms with Crippen LogP contribution >= 0.6 is 0 Å². The van der Waals surface area contributed by atoms with Crippen molar-refractivity contribution >= 4 is 5.57 Å². The Morgan fingerprint density at radius 3 is 2.29 bits per heavy atom. The molecule has 86 valence electrons. The first-order chi connectivity index (χ1) is 8.27. The van der Waals surface area contributed by atoms with Gasteiger partial charge in [-0.3, -0.25) is 0 Å². The lowest BCUT2D eigenvalue weighted by molar-refractivity contribution is 0.468. The predicted molar refractivity (Wildman–Crippen MR) is 71.9 cm³/mol. The minimum atomic E-state index is 0.369. The molecule has 0 radical (unpaired) electrons. The average Bonchev–Trinajstić information content (AvgIpc) is 2.38. The molecule has 1 nitrogen and oxygen atoms in total. The lowest BCUT2D eigenvalue weighted by Crippen LogP contribution is -1.89. The lowest BCUT2D eigenvalue weighted by atomic mass is 9.99. The van der Waals surface area contributed by atoms with Crippen LogP contribution in [0.5, 0.6) is 5.75 Å². The number of benzene rings is 2. The Kier molecular flexibility index (Phi) is 3.61. The number of phenolic OH excluding ortho intramolecular Hbond substituents is 1. The molecule has 0 bridgehead atoms. The van der Waals surface area contributed by atoms with Gasteiger partial charge in [0, 0.05) is 0 Å². The molecule has 0 fully saturated rings. The molecule has 2 aromatic rings. The third-order valence-corrected chi connectivity index (χ3v) is 2.87. The van der Waals surface area contributed by atoms with Gasteiger partial charge in [0.2, 0.25) is 0 Å². The number of aryl methyl sites for hydroxylation is 1. The number of rotatable bonds is 4. The van der Waals surface area contributed by atoms with Crippen molar-refractivity contribution in [1.82, 2.24) is 0 Å². The summed E-state index contributed by atoms with van der Waals surface area (Å²) in [5.41, 5.74) is 3.25. The van der Waals surface area contributed by atoms with Gasteiger partial charge in [0.05, 0.1) is 0 Å². The fourth-order valence-corrected chi connectivity index (χ4v) is 1.83. The van der Waals surface area contributed by atoms with Crippen LogP contribution in [0.15, 0.2) is 61.2 Å². The van der Waals surface area contributed by atoms with E-state index in [0.29, 0.717) is 5.75 Å². The maximum absolute atomic E-state index is 9.66. The smallest absolute Gasteiger partial charge is 0.118 e. The molecule has 2 rings (SSSR count). The number of aromatic hydroxyl groups is 1. The third kappa shape index (κ3) is 2.97. The molecule has 0 spiro atoms. The van der Waals surface area contributed by atoms with Gasteiger partial charge in [-0.25, -0.2) is 0 Å². The molecule has 0 aliphatic carbocycles. The Hall–Kier alpha value is -2.02. The van der Waals surface area contributed by atoms with Crippen molar-refractivity contribution in [2.24, 2.45) is 0 Å². The van der Waals surface area contributed by atoms with Crippen molar-refractivity contribution in [1.29, 1.82) is 0 Å². The van der Waals surface area contributed by atoms with Gasteiger partial charge in [-0.15, -0.1) is 0 Å². The van der Waals surface area contributed by atoms with Crippen molar-refractivity contribution < 1.29 is 5.11 Å². The highest BCUT2D eigenvalue weighted by atomic mass is 16.3. The Labute approximate surface area is 102 Å². The SMILES string of the molecule is C=C(CCc1ccccc1O)c1ccccc1. The van der Waals surface area contributed by atoms with E-state index in [1.165, 1.54) is 5.56 Å². The Morgan fingerprint density at radius 2 is 1.59 bits per heavy atom. The molecule has 0 aliphatic rings. The van der Waals surface area contributed by atoms with Gasteiger partial charge < -0.3 is 5.11 Å². The summed E-state index contributed by atoms with van der Waals surface area (Å²) in [6, 6.07) is 17.6. The summed E-state index contributed by atoms with van der Waals surface area (Å²) in [7, 11) is 0. The van der Waals surface area contributed by atoms with Crippen molar-refractivity contribution in [3.05, 3.63) is 72.3 Å². The Balaban J connectivity index is 2.00. The first kappa shape index (κ1) is 11.5. The zero-order valence-electron chi connectivity index (χ0n) is 9.76. The molecule has 2 aromatic carbocycles. The molecular formula is C16H16O. The van der Waals surface area contributed by atoms with Gasteiger partial charge in [0.25, 0.3) is 0 Å². The lowest BCUT2D eigenvalue weighted by Gasteiger charge is -2.07. The quantitative estimate of drug-likeness (QED) is 0.831. The van der Waals surface area contributed by atoms with Crippen LogP contribution in [-0.4, -0.2) is 5.11 Å². The maximum Gasteiger partial charge on any atom is 0.118 e. The number of allylic oxidation sites excluding steroid dienone is 1. The molecule has 1 heteroatoms. The first-order valence-electron chi connectivity index (χ1n) is 5.77. The third-order valence-electron chi connectivity index (χ3n) is 2.87. The van der Waals surface area contributed by atoms with Crippen molar-refractivity contribution in [2.45, 2.75) is 12.8 Å². The van der Waals surface area contributed by atoms with E-state index in [1.54, 1.807) is 6.07 Å². The summed E-state index contributed by atoms with van der Waals surface area (Å²) in [6.45, 7) is 4.09. The highest BCUT2D eigenvalue weighted by Crippen LogP contribution is 2.22. The summed E-state index contributed by atoms with van der Waals surface area (Å²) in [5.74, 6) is 0.369. The molecule has 17 heavy (non-hydrogen) atoms. The molecule has 0 atom stereocenters. The van der Waals surface area contributed by atoms with Crippen LogP contribution in [0.1, 0.15) is 17.5 Å². The van der Waals surface area contributed by atoms with Crippen molar-refractivity contribution in [3.8, 4) is 5.75 Å². The molecule has 1 N–H and O–H groups in total. The zero-order chi connectivity index (χ0) is 12.1. The molecule has 0 amide bonds. The van der Waals surface area contributed by atoms with E-state index in [2.05, 4.69) is 18.7 Å². The molecule has 0 heterocycles. The van der Waals surface area contributed by atoms with E-state index in [0.717, 1.165) is 24.0 Å². The van der Waals surface area contributed by atoms with Crippen molar-refractivity contribution in [2.75, 3.05) is 0 Å². The number of para-hydroxylation sites is 1. The minimum Gasteiger partial charge on any atom is -0.508 e. The maximum atomic E-state index is 9.66. The minimum absolute atomic E-state index is 0.369. The van der Waals surface area contributed by atoms with E-state index in [4.69, 9.17) is 0 Å². The summed E-state index contributed by atoms with van der Waals surface area (Å²) >= 11 is 0. The summed E-state index contributed by atoms with van der Waals surface area (Å²) in [6.07, 6.45) is 1.68. The van der Waals surface area contributed by atoms with Crippen LogP contribution in [0.2, 0.25) is 0 Å². The van der Waals surface area contributed by atoms with E-state index in [9.17, 15) is 5.11 Å². The molecule has 0 saturated carbocycles. The molecule has 0 saturated heterocycles. The molecule has 0 aliphatic heterocycles. The van der Waals surface area contributed by atoms with Gasteiger partial charge in [0.15, 0.2) is 0 Å². The fraction of sp³-hybridized carbons (Fsp3) is 0.125. The predicted octanol–water partition coefficient (Wildman–Crippen LogP) is 4.04. The van der Waals surface area contributed by atoms with E-state index < -0.39 is 0 Å². The molecule has 0 unspecified atom stereocenters. The monoisotopic (exact) mass is 224 g/mol. The van der Waals surface area contributed by atoms with Gasteiger partial charge in [-0.2, -0.15) is 0 Å². The van der Waals surface area contributed by atoms with Crippen LogP contribution < -0.4 is 0 Å². The Bertz CT molecular complexity index is 500. The number of phenols is 1. The van der Waals surface area contributed by atoms with Crippen LogP contribution in [0.4, 0.5) is 0 Å². The van der Waals surface area contributed by atoms with Crippen LogP contribution in [0.25, 0.3) is 5.57 Å². The van der Waals surface area contributed by atoms with Crippen LogP contribution in [0.3, 0.4) is 0 Å². The molecular weight excluding hydrogens is 208 g/mol. The Morgan fingerprint density at radius 1 is 0.941 bits per heavy atom. The normalized spacial score (nSPS) is 10.1. The van der Waals surface area contributed by atoms with E-state index >= 15 is 0 Å². The number of hydrogen-bond donors (Lipinski definition) is 1. The van der Waals surface area contributed by atoms with E-state index in [1.807, 2.05) is 36.4 Å². The largest absolute Gasteiger partial charge is 0.508 e. The second-order valence-electron chi connectivity index (χ2n) is 4.10. The van der Waals surface area contributed by atoms with Gasteiger partial charge in [-0.1, -0.05) is 55.1 Å². The fourth-order valence-electron chi connectivity index (χ4n) is 1.83. The highest BCUT2D eigenvalue weighted by molar-refractivity contribution is 5.63. The summed E-state index contributed by atoms with van der Waals surface area (Å²) < 4.78 is 0. The van der Waals surface area contributed by atoms with Crippen LogP contribution in [0, 0.1) is 0 Å².